The summed E-state index contributed by atoms with van der Waals surface area (Å²) in [6.45, 7) is 0.597. The molecule has 1 aliphatic heterocycles. The molecule has 2 nitrogen and oxygen atoms in total. The molecule has 0 unspecified atom stereocenters. The minimum Gasteiger partial charge on any atom is -0.493 e. The van der Waals surface area contributed by atoms with Crippen molar-refractivity contribution in [2.24, 2.45) is 0 Å². The van der Waals surface area contributed by atoms with Gasteiger partial charge in [0.2, 0.25) is 0 Å². The Bertz CT molecular complexity index is 682. The zero-order valence-electron chi connectivity index (χ0n) is 10.7. The molecular formula is C16H12BrFO2. The molecule has 0 atom stereocenters. The van der Waals surface area contributed by atoms with E-state index in [9.17, 15) is 9.18 Å². The summed E-state index contributed by atoms with van der Waals surface area (Å²) in [6.07, 6.45) is 1.83. The molecule has 0 saturated carbocycles. The van der Waals surface area contributed by atoms with E-state index < -0.39 is 5.82 Å². The summed E-state index contributed by atoms with van der Waals surface area (Å²) in [4.78, 5) is 12.5. The van der Waals surface area contributed by atoms with Gasteiger partial charge in [0, 0.05) is 4.47 Å². The number of halogens is 2. The fourth-order valence-electron chi connectivity index (χ4n) is 2.39. The van der Waals surface area contributed by atoms with Crippen molar-refractivity contribution in [1.29, 1.82) is 0 Å². The number of carbonyl (C=O) groups is 1. The highest BCUT2D eigenvalue weighted by Gasteiger charge is 2.22. The Morgan fingerprint density at radius 1 is 1.20 bits per heavy atom. The lowest BCUT2D eigenvalue weighted by Crippen LogP contribution is -2.14. The van der Waals surface area contributed by atoms with Crippen molar-refractivity contribution in [2.45, 2.75) is 12.8 Å². The van der Waals surface area contributed by atoms with Crippen molar-refractivity contribution in [2.75, 3.05) is 6.61 Å². The van der Waals surface area contributed by atoms with E-state index in [4.69, 9.17) is 4.74 Å². The lowest BCUT2D eigenvalue weighted by atomic mass is 9.96. The predicted molar refractivity (Wildman–Crippen MR) is 77.8 cm³/mol. The number of ether oxygens (including phenoxy) is 1. The Balaban J connectivity index is 2.07. The summed E-state index contributed by atoms with van der Waals surface area (Å²) in [6, 6.07) is 9.90. The Morgan fingerprint density at radius 2 is 2.05 bits per heavy atom. The second kappa shape index (κ2) is 5.37. The zero-order chi connectivity index (χ0) is 14.1. The number of hydrogen-bond acceptors (Lipinski definition) is 2. The van der Waals surface area contributed by atoms with Gasteiger partial charge in [-0.1, -0.05) is 28.1 Å². The molecule has 0 aliphatic carbocycles. The fraction of sp³-hybridized carbons (Fsp3) is 0.188. The first-order chi connectivity index (χ1) is 9.66. The van der Waals surface area contributed by atoms with E-state index in [-0.39, 0.29) is 11.3 Å². The van der Waals surface area contributed by atoms with Crippen LogP contribution in [0.5, 0.6) is 5.75 Å². The van der Waals surface area contributed by atoms with Crippen LogP contribution >= 0.6 is 15.9 Å². The Kier molecular flexibility index (Phi) is 3.57. The van der Waals surface area contributed by atoms with Crippen LogP contribution in [0.4, 0.5) is 4.39 Å². The smallest absolute Gasteiger partial charge is 0.199 e. The third-order valence-corrected chi connectivity index (χ3v) is 3.85. The summed E-state index contributed by atoms with van der Waals surface area (Å²) >= 11 is 3.19. The second-order valence-corrected chi connectivity index (χ2v) is 5.61. The van der Waals surface area contributed by atoms with E-state index in [0.717, 1.165) is 18.4 Å². The molecule has 0 bridgehead atoms. The molecule has 2 aromatic carbocycles. The number of carbonyl (C=O) groups excluding carboxylic acids is 1. The van der Waals surface area contributed by atoms with Crippen LogP contribution in [0.25, 0.3) is 0 Å². The van der Waals surface area contributed by atoms with Crippen LogP contribution in [0.3, 0.4) is 0 Å². The number of fused-ring (bicyclic) bond motifs is 1. The zero-order valence-corrected chi connectivity index (χ0v) is 12.2. The molecule has 2 aromatic rings. The summed E-state index contributed by atoms with van der Waals surface area (Å²) in [5.74, 6) is -0.266. The highest BCUT2D eigenvalue weighted by Crippen LogP contribution is 2.31. The van der Waals surface area contributed by atoms with Gasteiger partial charge in [-0.15, -0.1) is 0 Å². The van der Waals surface area contributed by atoms with Crippen molar-refractivity contribution in [1.82, 2.24) is 0 Å². The third-order valence-electron chi connectivity index (χ3n) is 3.35. The van der Waals surface area contributed by atoms with Gasteiger partial charge in [-0.25, -0.2) is 4.39 Å². The Hall–Kier alpha value is -1.68. The Morgan fingerprint density at radius 3 is 2.85 bits per heavy atom. The van der Waals surface area contributed by atoms with Gasteiger partial charge in [-0.05, 0) is 42.7 Å². The maximum Gasteiger partial charge on any atom is 0.199 e. The summed E-state index contributed by atoms with van der Waals surface area (Å²) in [7, 11) is 0. The van der Waals surface area contributed by atoms with Crippen LogP contribution in [0.2, 0.25) is 0 Å². The number of ketones is 1. The van der Waals surface area contributed by atoms with Gasteiger partial charge in [0.1, 0.15) is 11.6 Å². The normalized spacial score (nSPS) is 13.5. The number of aryl methyl sites for hydroxylation is 1. The van der Waals surface area contributed by atoms with E-state index in [1.54, 1.807) is 12.1 Å². The van der Waals surface area contributed by atoms with Crippen LogP contribution in [-0.2, 0) is 6.42 Å². The molecule has 0 N–H and O–H groups in total. The van der Waals surface area contributed by atoms with Crippen molar-refractivity contribution < 1.29 is 13.9 Å². The molecule has 4 heteroatoms. The second-order valence-electron chi connectivity index (χ2n) is 4.70. The number of rotatable bonds is 2. The van der Waals surface area contributed by atoms with E-state index in [1.165, 1.54) is 12.1 Å². The summed E-state index contributed by atoms with van der Waals surface area (Å²) in [5, 5.41) is 0. The highest BCUT2D eigenvalue weighted by atomic mass is 79.9. The monoisotopic (exact) mass is 334 g/mol. The SMILES string of the molecule is O=C(c1ccc(Br)cc1F)c1cccc2c1OCCC2. The highest BCUT2D eigenvalue weighted by molar-refractivity contribution is 9.10. The van der Waals surface area contributed by atoms with Crippen LogP contribution in [0, 0.1) is 5.82 Å². The first-order valence-corrected chi connectivity index (χ1v) is 7.20. The van der Waals surface area contributed by atoms with E-state index >= 15 is 0 Å². The van der Waals surface area contributed by atoms with Crippen molar-refractivity contribution in [3.05, 3.63) is 63.4 Å². The van der Waals surface area contributed by atoms with Gasteiger partial charge < -0.3 is 4.74 Å². The molecule has 1 aliphatic rings. The largest absolute Gasteiger partial charge is 0.493 e. The standard InChI is InChI=1S/C16H12BrFO2/c17-11-6-7-12(14(18)9-11)15(19)13-5-1-3-10-4-2-8-20-16(10)13/h1,3,5-7,9H,2,4,8H2. The van der Waals surface area contributed by atoms with E-state index in [1.807, 2.05) is 12.1 Å². The predicted octanol–water partition coefficient (Wildman–Crippen LogP) is 4.14. The average molecular weight is 335 g/mol. The average Bonchev–Trinajstić information content (AvgIpc) is 2.46. The molecule has 0 fully saturated rings. The minimum absolute atomic E-state index is 0.0655. The maximum absolute atomic E-state index is 13.9. The summed E-state index contributed by atoms with van der Waals surface area (Å²) < 4.78 is 20.1. The van der Waals surface area contributed by atoms with Gasteiger partial charge >= 0.3 is 0 Å². The molecule has 102 valence electrons. The van der Waals surface area contributed by atoms with Gasteiger partial charge in [0.05, 0.1) is 17.7 Å². The topological polar surface area (TPSA) is 26.3 Å². The fourth-order valence-corrected chi connectivity index (χ4v) is 2.72. The Labute approximate surface area is 124 Å². The first kappa shape index (κ1) is 13.3. The molecule has 20 heavy (non-hydrogen) atoms. The van der Waals surface area contributed by atoms with Crippen LogP contribution in [0.1, 0.15) is 27.9 Å². The quantitative estimate of drug-likeness (QED) is 0.771. The maximum atomic E-state index is 13.9. The lowest BCUT2D eigenvalue weighted by molar-refractivity contribution is 0.103. The molecule has 0 radical (unpaired) electrons. The van der Waals surface area contributed by atoms with Gasteiger partial charge in [-0.3, -0.25) is 4.79 Å². The molecule has 0 aromatic heterocycles. The molecule has 1 heterocycles. The van der Waals surface area contributed by atoms with E-state index in [0.29, 0.717) is 22.4 Å². The molecule has 3 rings (SSSR count). The molecule has 0 spiro atoms. The van der Waals surface area contributed by atoms with Gasteiger partial charge in [0.25, 0.3) is 0 Å². The van der Waals surface area contributed by atoms with Crippen molar-refractivity contribution >= 4 is 21.7 Å². The van der Waals surface area contributed by atoms with Crippen LogP contribution in [0.15, 0.2) is 40.9 Å². The number of para-hydroxylation sites is 1. The lowest BCUT2D eigenvalue weighted by Gasteiger charge is -2.19. The minimum atomic E-state index is -0.530. The molecule has 0 saturated heterocycles. The molecule has 0 amide bonds. The van der Waals surface area contributed by atoms with Crippen LogP contribution in [-0.4, -0.2) is 12.4 Å². The first-order valence-electron chi connectivity index (χ1n) is 6.41. The van der Waals surface area contributed by atoms with Gasteiger partial charge in [-0.2, -0.15) is 0 Å². The number of benzene rings is 2. The van der Waals surface area contributed by atoms with Crippen molar-refractivity contribution in [3.8, 4) is 5.75 Å². The van der Waals surface area contributed by atoms with Crippen molar-refractivity contribution in [3.63, 3.8) is 0 Å². The molecular weight excluding hydrogens is 323 g/mol. The van der Waals surface area contributed by atoms with Crippen LogP contribution < -0.4 is 4.74 Å². The number of hydrogen-bond donors (Lipinski definition) is 0. The summed E-state index contributed by atoms with van der Waals surface area (Å²) in [5.41, 5.74) is 1.51. The van der Waals surface area contributed by atoms with Gasteiger partial charge in [0.15, 0.2) is 5.78 Å². The third kappa shape index (κ3) is 2.36. The van der Waals surface area contributed by atoms with E-state index in [2.05, 4.69) is 15.9 Å².